The van der Waals surface area contributed by atoms with Crippen LogP contribution >= 0.6 is 0 Å². The van der Waals surface area contributed by atoms with E-state index < -0.39 is 0 Å². The van der Waals surface area contributed by atoms with E-state index >= 15 is 0 Å². The fraction of sp³-hybridized carbons (Fsp3) is 0.579. The van der Waals surface area contributed by atoms with Crippen molar-refractivity contribution in [2.45, 2.75) is 45.1 Å². The lowest BCUT2D eigenvalue weighted by Crippen LogP contribution is -2.45. The summed E-state index contributed by atoms with van der Waals surface area (Å²) in [5.41, 5.74) is 1.34. The van der Waals surface area contributed by atoms with Gasteiger partial charge in [-0.25, -0.2) is 0 Å². The lowest BCUT2D eigenvalue weighted by Gasteiger charge is -2.32. The maximum Gasteiger partial charge on any atom is 0.253 e. The maximum atomic E-state index is 12.7. The number of anilines is 1. The van der Waals surface area contributed by atoms with Crippen molar-refractivity contribution < 1.29 is 9.59 Å². The number of nitrogens with zero attached hydrogens (tertiary/aromatic N) is 1. The number of hydrogen-bond acceptors (Lipinski definition) is 3. The van der Waals surface area contributed by atoms with E-state index in [0.29, 0.717) is 23.7 Å². The molecule has 1 aromatic rings. The molecule has 130 valence electrons. The van der Waals surface area contributed by atoms with E-state index in [1.165, 1.54) is 12.8 Å². The lowest BCUT2D eigenvalue weighted by atomic mass is 10.0. The molecule has 5 heteroatoms. The molecule has 3 rings (SSSR count). The number of rotatable bonds is 6. The maximum absolute atomic E-state index is 12.7. The highest BCUT2D eigenvalue weighted by atomic mass is 16.2. The zero-order valence-corrected chi connectivity index (χ0v) is 14.4. The van der Waals surface area contributed by atoms with Gasteiger partial charge >= 0.3 is 0 Å². The number of piperidine rings is 1. The number of hydrogen-bond donors (Lipinski definition) is 2. The molecule has 1 saturated carbocycles. The molecule has 0 unspecified atom stereocenters. The summed E-state index contributed by atoms with van der Waals surface area (Å²) in [5, 5.41) is 6.44. The van der Waals surface area contributed by atoms with Crippen molar-refractivity contribution in [3.63, 3.8) is 0 Å². The number of nitrogens with one attached hydrogen (secondary N) is 2. The Hall–Kier alpha value is -1.88. The average molecular weight is 329 g/mol. The third-order valence-corrected chi connectivity index (χ3v) is 4.89. The SMILES string of the molecule is CCC(=O)Nc1cccc(C(=O)N2CCC(NCC3CC3)CC2)c1. The first-order chi connectivity index (χ1) is 11.7. The summed E-state index contributed by atoms with van der Waals surface area (Å²) >= 11 is 0. The zero-order valence-electron chi connectivity index (χ0n) is 14.4. The molecule has 1 aromatic carbocycles. The highest BCUT2D eigenvalue weighted by Gasteiger charge is 2.26. The van der Waals surface area contributed by atoms with Crippen molar-refractivity contribution in [2.24, 2.45) is 5.92 Å². The Bertz CT molecular complexity index is 590. The van der Waals surface area contributed by atoms with Gasteiger partial charge in [0.2, 0.25) is 5.91 Å². The van der Waals surface area contributed by atoms with Gasteiger partial charge in [-0.3, -0.25) is 9.59 Å². The van der Waals surface area contributed by atoms with E-state index in [9.17, 15) is 9.59 Å². The quantitative estimate of drug-likeness (QED) is 0.843. The van der Waals surface area contributed by atoms with Crippen LogP contribution in [0.25, 0.3) is 0 Å². The minimum atomic E-state index is -0.0397. The second-order valence-electron chi connectivity index (χ2n) is 6.90. The summed E-state index contributed by atoms with van der Waals surface area (Å²) in [6, 6.07) is 7.78. The molecule has 5 nitrogen and oxygen atoms in total. The molecule has 0 radical (unpaired) electrons. The number of likely N-dealkylation sites (tertiary alicyclic amines) is 1. The van der Waals surface area contributed by atoms with Crippen LogP contribution in [-0.2, 0) is 4.79 Å². The Morgan fingerprint density at radius 3 is 2.58 bits per heavy atom. The van der Waals surface area contributed by atoms with E-state index in [1.807, 2.05) is 30.0 Å². The summed E-state index contributed by atoms with van der Waals surface area (Å²) < 4.78 is 0. The molecule has 2 N–H and O–H groups in total. The third kappa shape index (κ3) is 4.57. The number of carbonyl (C=O) groups excluding carboxylic acids is 2. The van der Waals surface area contributed by atoms with Crippen LogP contribution in [0.3, 0.4) is 0 Å². The van der Waals surface area contributed by atoms with Crippen LogP contribution in [0.2, 0.25) is 0 Å². The van der Waals surface area contributed by atoms with Gasteiger partial charge in [0.05, 0.1) is 0 Å². The predicted octanol–water partition coefficient (Wildman–Crippen LogP) is 2.64. The van der Waals surface area contributed by atoms with E-state index in [4.69, 9.17) is 0 Å². The minimum Gasteiger partial charge on any atom is -0.339 e. The minimum absolute atomic E-state index is 0.0397. The Balaban J connectivity index is 1.52. The fourth-order valence-electron chi connectivity index (χ4n) is 3.10. The van der Waals surface area contributed by atoms with Gasteiger partial charge in [0, 0.05) is 36.8 Å². The Kier molecular flexibility index (Phi) is 5.51. The zero-order chi connectivity index (χ0) is 16.9. The molecular formula is C19H27N3O2. The summed E-state index contributed by atoms with van der Waals surface area (Å²) in [6.45, 7) is 4.54. The van der Waals surface area contributed by atoms with E-state index in [2.05, 4.69) is 10.6 Å². The first kappa shape index (κ1) is 17.0. The Morgan fingerprint density at radius 1 is 1.17 bits per heavy atom. The second kappa shape index (κ2) is 7.79. The summed E-state index contributed by atoms with van der Waals surface area (Å²) in [4.78, 5) is 26.1. The van der Waals surface area contributed by atoms with Gasteiger partial charge in [-0.2, -0.15) is 0 Å². The molecule has 2 fully saturated rings. The van der Waals surface area contributed by atoms with Crippen LogP contribution in [0.4, 0.5) is 5.69 Å². The highest BCUT2D eigenvalue weighted by molar-refractivity contribution is 5.97. The smallest absolute Gasteiger partial charge is 0.253 e. The first-order valence-corrected chi connectivity index (χ1v) is 9.08. The lowest BCUT2D eigenvalue weighted by molar-refractivity contribution is -0.115. The molecule has 1 heterocycles. The fourth-order valence-corrected chi connectivity index (χ4v) is 3.10. The summed E-state index contributed by atoms with van der Waals surface area (Å²) in [6.07, 6.45) is 5.21. The van der Waals surface area contributed by atoms with Gasteiger partial charge in [0.1, 0.15) is 0 Å². The number of amides is 2. The molecule has 0 bridgehead atoms. The van der Waals surface area contributed by atoms with Crippen LogP contribution in [0.5, 0.6) is 0 Å². The van der Waals surface area contributed by atoms with Crippen molar-refractivity contribution in [3.05, 3.63) is 29.8 Å². The molecule has 2 amide bonds. The molecule has 1 saturated heterocycles. The van der Waals surface area contributed by atoms with Crippen LogP contribution < -0.4 is 10.6 Å². The van der Waals surface area contributed by atoms with Crippen LogP contribution in [0, 0.1) is 5.92 Å². The second-order valence-corrected chi connectivity index (χ2v) is 6.90. The van der Waals surface area contributed by atoms with Crippen molar-refractivity contribution in [1.29, 1.82) is 0 Å². The van der Waals surface area contributed by atoms with Gasteiger partial charge in [-0.1, -0.05) is 13.0 Å². The average Bonchev–Trinajstić information content (AvgIpc) is 3.44. The monoisotopic (exact) mass is 329 g/mol. The highest BCUT2D eigenvalue weighted by Crippen LogP contribution is 2.28. The van der Waals surface area contributed by atoms with Gasteiger partial charge in [-0.15, -0.1) is 0 Å². The van der Waals surface area contributed by atoms with E-state index in [1.54, 1.807) is 6.07 Å². The summed E-state index contributed by atoms with van der Waals surface area (Å²) in [7, 11) is 0. The van der Waals surface area contributed by atoms with Gasteiger partial charge in [-0.05, 0) is 56.3 Å². The molecule has 0 atom stereocenters. The van der Waals surface area contributed by atoms with Crippen LogP contribution in [-0.4, -0.2) is 42.4 Å². The molecule has 24 heavy (non-hydrogen) atoms. The van der Waals surface area contributed by atoms with Crippen molar-refractivity contribution in [1.82, 2.24) is 10.2 Å². The summed E-state index contributed by atoms with van der Waals surface area (Å²) in [5.74, 6) is 0.913. The van der Waals surface area contributed by atoms with E-state index in [-0.39, 0.29) is 11.8 Å². The number of carbonyl (C=O) groups is 2. The molecule has 2 aliphatic rings. The van der Waals surface area contributed by atoms with Gasteiger partial charge in [0.25, 0.3) is 5.91 Å². The molecule has 0 aromatic heterocycles. The molecule has 1 aliphatic heterocycles. The van der Waals surface area contributed by atoms with Gasteiger partial charge < -0.3 is 15.5 Å². The van der Waals surface area contributed by atoms with Crippen molar-refractivity contribution in [3.8, 4) is 0 Å². The topological polar surface area (TPSA) is 61.4 Å². The largest absolute Gasteiger partial charge is 0.339 e. The van der Waals surface area contributed by atoms with E-state index in [0.717, 1.165) is 38.4 Å². The molecular weight excluding hydrogens is 302 g/mol. The predicted molar refractivity (Wildman–Crippen MR) is 95.0 cm³/mol. The first-order valence-electron chi connectivity index (χ1n) is 9.08. The van der Waals surface area contributed by atoms with Crippen LogP contribution in [0.15, 0.2) is 24.3 Å². The normalized spacial score (nSPS) is 18.5. The van der Waals surface area contributed by atoms with Crippen molar-refractivity contribution >= 4 is 17.5 Å². The Morgan fingerprint density at radius 2 is 1.92 bits per heavy atom. The third-order valence-electron chi connectivity index (χ3n) is 4.89. The number of benzene rings is 1. The van der Waals surface area contributed by atoms with Crippen molar-refractivity contribution in [2.75, 3.05) is 25.0 Å². The molecule has 1 aliphatic carbocycles. The van der Waals surface area contributed by atoms with Gasteiger partial charge in [0.15, 0.2) is 0 Å². The molecule has 0 spiro atoms. The Labute approximate surface area is 143 Å². The van der Waals surface area contributed by atoms with Crippen LogP contribution in [0.1, 0.15) is 49.4 Å². The standard InChI is InChI=1S/C19H27N3O2/c1-2-18(23)21-17-5-3-4-15(12-17)19(24)22-10-8-16(9-11-22)20-13-14-6-7-14/h3-5,12,14,16,20H,2,6-11,13H2,1H3,(H,21,23).